The fourth-order valence-corrected chi connectivity index (χ4v) is 6.04. The fourth-order valence-electron chi connectivity index (χ4n) is 2.43. The van der Waals surface area contributed by atoms with Crippen LogP contribution in [0.25, 0.3) is 0 Å². The molecule has 1 atom stereocenters. The van der Waals surface area contributed by atoms with Crippen molar-refractivity contribution in [3.05, 3.63) is 14.9 Å². The Bertz CT molecular complexity index is 551. The summed E-state index contributed by atoms with van der Waals surface area (Å²) in [5.74, 6) is 0.289. The van der Waals surface area contributed by atoms with Gasteiger partial charge in [0.15, 0.2) is 0 Å². The van der Waals surface area contributed by atoms with E-state index in [1.165, 1.54) is 25.3 Å². The average molecular weight is 416 g/mol. The second-order valence-corrected chi connectivity index (χ2v) is 10.3. The third kappa shape index (κ3) is 5.18. The third-order valence-corrected chi connectivity index (χ3v) is 7.90. The van der Waals surface area contributed by atoms with Gasteiger partial charge < -0.3 is 4.90 Å². The molecule has 1 aromatic rings. The van der Waals surface area contributed by atoms with Gasteiger partial charge in [0.25, 0.3) is 0 Å². The zero-order valence-corrected chi connectivity index (χ0v) is 15.9. The van der Waals surface area contributed by atoms with Crippen LogP contribution in [-0.4, -0.2) is 39.5 Å². The van der Waals surface area contributed by atoms with Crippen molar-refractivity contribution in [2.75, 3.05) is 26.2 Å². The van der Waals surface area contributed by atoms with E-state index in [1.807, 2.05) is 0 Å². The average Bonchev–Trinajstić information content (AvgIpc) is 2.79. The van der Waals surface area contributed by atoms with Gasteiger partial charge in [-0.2, -0.15) is 0 Å². The quantitative estimate of drug-likeness (QED) is 0.773. The lowest BCUT2D eigenvalue weighted by atomic mass is 10.1. The van der Waals surface area contributed by atoms with Gasteiger partial charge in [-0.1, -0.05) is 24.9 Å². The molecular weight excluding hydrogens is 396 g/mol. The third-order valence-electron chi connectivity index (χ3n) is 3.53. The Hall–Kier alpha value is 0.340. The predicted octanol–water partition coefficient (Wildman–Crippen LogP) is 3.56. The van der Waals surface area contributed by atoms with E-state index in [4.69, 9.17) is 11.6 Å². The maximum Gasteiger partial charge on any atom is 0.250 e. The molecule has 1 saturated heterocycles. The largest absolute Gasteiger partial charge is 0.303 e. The Morgan fingerprint density at radius 1 is 1.43 bits per heavy atom. The van der Waals surface area contributed by atoms with Crippen molar-refractivity contribution >= 4 is 48.9 Å². The molecule has 1 aromatic heterocycles. The maximum absolute atomic E-state index is 12.2. The molecule has 4 nitrogen and oxygen atoms in total. The van der Waals surface area contributed by atoms with Crippen LogP contribution >= 0.6 is 38.9 Å². The topological polar surface area (TPSA) is 49.4 Å². The van der Waals surface area contributed by atoms with E-state index >= 15 is 0 Å². The first-order chi connectivity index (χ1) is 9.88. The van der Waals surface area contributed by atoms with Gasteiger partial charge in [-0.25, -0.2) is 13.1 Å². The minimum absolute atomic E-state index is 0.254. The number of hydrogen-bond acceptors (Lipinski definition) is 4. The summed E-state index contributed by atoms with van der Waals surface area (Å²) in [5.41, 5.74) is 0. The normalized spacial score (nSPS) is 18.8. The summed E-state index contributed by atoms with van der Waals surface area (Å²) >= 11 is 10.3. The molecule has 0 amide bonds. The van der Waals surface area contributed by atoms with Gasteiger partial charge in [0.1, 0.15) is 4.21 Å². The SMILES string of the molecule is CC(CNS(=O)(=O)c1cc(Cl)c(Br)s1)CN1CCCCC1. The molecule has 120 valence electrons. The molecule has 21 heavy (non-hydrogen) atoms. The number of halogens is 2. The number of likely N-dealkylation sites (tertiary alicyclic amines) is 1. The number of sulfonamides is 1. The van der Waals surface area contributed by atoms with Crippen molar-refractivity contribution in [2.45, 2.75) is 30.4 Å². The highest BCUT2D eigenvalue weighted by Crippen LogP contribution is 2.34. The van der Waals surface area contributed by atoms with Crippen LogP contribution in [0, 0.1) is 5.92 Å². The van der Waals surface area contributed by atoms with E-state index in [1.54, 1.807) is 0 Å². The molecule has 8 heteroatoms. The van der Waals surface area contributed by atoms with Crippen LogP contribution in [-0.2, 0) is 10.0 Å². The van der Waals surface area contributed by atoms with Gasteiger partial charge in [-0.15, -0.1) is 11.3 Å². The van der Waals surface area contributed by atoms with Gasteiger partial charge in [-0.05, 0) is 53.8 Å². The zero-order chi connectivity index (χ0) is 15.5. The van der Waals surface area contributed by atoms with Crippen LogP contribution in [0.3, 0.4) is 0 Å². The van der Waals surface area contributed by atoms with Crippen molar-refractivity contribution in [3.63, 3.8) is 0 Å². The van der Waals surface area contributed by atoms with E-state index in [-0.39, 0.29) is 10.1 Å². The Labute approximate surface area is 144 Å². The molecule has 0 aromatic carbocycles. The molecule has 2 heterocycles. The lowest BCUT2D eigenvalue weighted by Crippen LogP contribution is -2.37. The second-order valence-electron chi connectivity index (χ2n) is 5.51. The lowest BCUT2D eigenvalue weighted by Gasteiger charge is -2.29. The first kappa shape index (κ1) is 17.7. The number of nitrogens with zero attached hydrogens (tertiary/aromatic N) is 1. The van der Waals surface area contributed by atoms with E-state index in [0.29, 0.717) is 15.4 Å². The standard InChI is InChI=1S/C13H20BrClN2O2S2/c1-10(9-17-5-3-2-4-6-17)8-16-21(18,19)12-7-11(15)13(14)20-12/h7,10,16H,2-6,8-9H2,1H3. The van der Waals surface area contributed by atoms with Gasteiger partial charge in [0.05, 0.1) is 8.81 Å². The fraction of sp³-hybridized carbons (Fsp3) is 0.692. The van der Waals surface area contributed by atoms with E-state index in [0.717, 1.165) is 31.0 Å². The summed E-state index contributed by atoms with van der Waals surface area (Å²) in [6.07, 6.45) is 3.81. The summed E-state index contributed by atoms with van der Waals surface area (Å²) in [7, 11) is -3.46. The summed E-state index contributed by atoms with van der Waals surface area (Å²) in [4.78, 5) is 2.42. The van der Waals surface area contributed by atoms with Gasteiger partial charge in [0.2, 0.25) is 10.0 Å². The second kappa shape index (κ2) is 7.75. The number of hydrogen-bond donors (Lipinski definition) is 1. The van der Waals surface area contributed by atoms with Gasteiger partial charge >= 0.3 is 0 Å². The Morgan fingerprint density at radius 2 is 2.10 bits per heavy atom. The van der Waals surface area contributed by atoms with Gasteiger partial charge in [0, 0.05) is 13.1 Å². The predicted molar refractivity (Wildman–Crippen MR) is 91.7 cm³/mol. The summed E-state index contributed by atoms with van der Waals surface area (Å²) in [6, 6.07) is 1.48. The van der Waals surface area contributed by atoms with Crippen molar-refractivity contribution in [2.24, 2.45) is 5.92 Å². The first-order valence-electron chi connectivity index (χ1n) is 7.05. The van der Waals surface area contributed by atoms with Crippen molar-refractivity contribution < 1.29 is 8.42 Å². The molecule has 0 aliphatic carbocycles. The summed E-state index contributed by atoms with van der Waals surface area (Å²) in [6.45, 7) is 5.73. The van der Waals surface area contributed by atoms with Crippen LogP contribution in [0.1, 0.15) is 26.2 Å². The molecule has 1 aliphatic rings. The van der Waals surface area contributed by atoms with Crippen LogP contribution in [0.2, 0.25) is 5.02 Å². The molecule has 1 unspecified atom stereocenters. The molecule has 1 aliphatic heterocycles. The Balaban J connectivity index is 1.86. The van der Waals surface area contributed by atoms with E-state index < -0.39 is 10.0 Å². The molecule has 2 rings (SSSR count). The minimum atomic E-state index is -3.46. The van der Waals surface area contributed by atoms with E-state index in [9.17, 15) is 8.42 Å². The molecule has 1 N–H and O–H groups in total. The highest BCUT2D eigenvalue weighted by atomic mass is 79.9. The van der Waals surface area contributed by atoms with E-state index in [2.05, 4.69) is 32.5 Å². The van der Waals surface area contributed by atoms with Crippen LogP contribution in [0.4, 0.5) is 0 Å². The molecular formula is C13H20BrClN2O2S2. The maximum atomic E-state index is 12.2. The number of nitrogens with one attached hydrogen (secondary N) is 1. The molecule has 0 radical (unpaired) electrons. The number of rotatable bonds is 6. The Kier molecular flexibility index (Phi) is 6.52. The first-order valence-corrected chi connectivity index (χ1v) is 10.5. The molecule has 0 spiro atoms. The van der Waals surface area contributed by atoms with Crippen molar-refractivity contribution in [1.29, 1.82) is 0 Å². The zero-order valence-electron chi connectivity index (χ0n) is 11.9. The summed E-state index contributed by atoms with van der Waals surface area (Å²) < 4.78 is 28.0. The Morgan fingerprint density at radius 3 is 2.67 bits per heavy atom. The smallest absolute Gasteiger partial charge is 0.250 e. The van der Waals surface area contributed by atoms with Crippen molar-refractivity contribution in [1.82, 2.24) is 9.62 Å². The lowest BCUT2D eigenvalue weighted by molar-refractivity contribution is 0.201. The number of thiophene rings is 1. The van der Waals surface area contributed by atoms with Crippen LogP contribution in [0.5, 0.6) is 0 Å². The minimum Gasteiger partial charge on any atom is -0.303 e. The van der Waals surface area contributed by atoms with Gasteiger partial charge in [-0.3, -0.25) is 0 Å². The number of piperidine rings is 1. The van der Waals surface area contributed by atoms with Crippen LogP contribution < -0.4 is 4.72 Å². The molecule has 0 bridgehead atoms. The molecule has 1 fully saturated rings. The molecule has 0 saturated carbocycles. The highest BCUT2D eigenvalue weighted by Gasteiger charge is 2.20. The summed E-state index contributed by atoms with van der Waals surface area (Å²) in [5, 5.41) is 0.432. The van der Waals surface area contributed by atoms with Crippen LogP contribution in [0.15, 0.2) is 14.1 Å². The monoisotopic (exact) mass is 414 g/mol. The highest BCUT2D eigenvalue weighted by molar-refractivity contribution is 9.11. The van der Waals surface area contributed by atoms with Crippen molar-refractivity contribution in [3.8, 4) is 0 Å².